The molecule has 0 radical (unpaired) electrons. The Kier molecular flexibility index (Phi) is 2.00. The molecule has 1 aromatic heterocycles. The quantitative estimate of drug-likeness (QED) is 0.666. The highest BCUT2D eigenvalue weighted by Crippen LogP contribution is 2.32. The van der Waals surface area contributed by atoms with Crippen LogP contribution in [0.4, 0.5) is 0 Å². The number of hydrogen-bond acceptors (Lipinski definition) is 0. The molecule has 80 valence electrons. The van der Waals surface area contributed by atoms with Crippen LogP contribution in [0.25, 0.3) is 22.7 Å². The third-order valence-electron chi connectivity index (χ3n) is 3.24. The second-order valence-corrected chi connectivity index (χ2v) is 4.39. The summed E-state index contributed by atoms with van der Waals surface area (Å²) in [6, 6.07) is 8.60. The van der Waals surface area contributed by atoms with Gasteiger partial charge in [0.2, 0.25) is 0 Å². The first kappa shape index (κ1) is 9.46. The van der Waals surface area contributed by atoms with E-state index in [4.69, 9.17) is 0 Å². The van der Waals surface area contributed by atoms with E-state index in [1.165, 1.54) is 22.2 Å². The molecule has 3 rings (SSSR count). The maximum absolute atomic E-state index is 4.08. The molecule has 0 fully saturated rings. The molecule has 0 aliphatic heterocycles. The van der Waals surface area contributed by atoms with Crippen LogP contribution in [0, 0.1) is 0 Å². The van der Waals surface area contributed by atoms with E-state index in [9.17, 15) is 0 Å². The van der Waals surface area contributed by atoms with E-state index in [1.807, 2.05) is 0 Å². The smallest absolute Gasteiger partial charge is 0.0534 e. The molecule has 1 heteroatoms. The number of allylic oxidation sites excluding steroid dienone is 2. The lowest BCUT2D eigenvalue weighted by atomic mass is 10.0. The van der Waals surface area contributed by atoms with Crippen molar-refractivity contribution < 1.29 is 0 Å². The highest BCUT2D eigenvalue weighted by Gasteiger charge is 2.16. The van der Waals surface area contributed by atoms with Gasteiger partial charge in [-0.25, -0.2) is 0 Å². The van der Waals surface area contributed by atoms with Gasteiger partial charge >= 0.3 is 0 Å². The van der Waals surface area contributed by atoms with Gasteiger partial charge in [0, 0.05) is 16.8 Å². The molecule has 1 nitrogen and oxygen atoms in total. The fourth-order valence-electron chi connectivity index (χ4n) is 2.60. The second-order valence-electron chi connectivity index (χ2n) is 4.39. The van der Waals surface area contributed by atoms with Gasteiger partial charge in [-0.05, 0) is 37.5 Å². The molecule has 1 heterocycles. The number of hydrogen-bond donors (Lipinski definition) is 0. The molecule has 0 amide bonds. The van der Waals surface area contributed by atoms with Crippen LogP contribution < -0.4 is 0 Å². The number of aryl methyl sites for hydroxylation is 1. The van der Waals surface area contributed by atoms with Crippen molar-refractivity contribution in [2.75, 3.05) is 0 Å². The molecule has 2 aromatic rings. The first-order chi connectivity index (χ1) is 7.79. The molecular formula is C15H15N. The molecule has 0 atom stereocenters. The third-order valence-corrected chi connectivity index (χ3v) is 3.24. The lowest BCUT2D eigenvalue weighted by molar-refractivity contribution is 0.972. The van der Waals surface area contributed by atoms with E-state index in [1.54, 1.807) is 0 Å². The summed E-state index contributed by atoms with van der Waals surface area (Å²) in [5.41, 5.74) is 5.16. The molecule has 0 bridgehead atoms. The second kappa shape index (κ2) is 3.38. The van der Waals surface area contributed by atoms with Crippen LogP contribution >= 0.6 is 0 Å². The predicted molar refractivity (Wildman–Crippen MR) is 70.3 cm³/mol. The minimum atomic E-state index is 1.09. The summed E-state index contributed by atoms with van der Waals surface area (Å²) in [5, 5.41) is 1.38. The zero-order chi connectivity index (χ0) is 11.1. The summed E-state index contributed by atoms with van der Waals surface area (Å²) >= 11 is 0. The Bertz CT molecular complexity index is 599. The van der Waals surface area contributed by atoms with Crippen molar-refractivity contribution in [1.82, 2.24) is 4.57 Å². The summed E-state index contributed by atoms with van der Waals surface area (Å²) in [5.74, 6) is 0. The number of para-hydroxylation sites is 1. The number of aromatic nitrogens is 1. The number of benzene rings is 1. The van der Waals surface area contributed by atoms with Crippen molar-refractivity contribution in [3.8, 4) is 0 Å². The van der Waals surface area contributed by atoms with E-state index in [2.05, 4.69) is 54.5 Å². The maximum atomic E-state index is 4.08. The highest BCUT2D eigenvalue weighted by molar-refractivity contribution is 5.91. The topological polar surface area (TPSA) is 4.93 Å². The monoisotopic (exact) mass is 209 g/mol. The van der Waals surface area contributed by atoms with Gasteiger partial charge in [-0.3, -0.25) is 0 Å². The minimum absolute atomic E-state index is 1.09. The van der Waals surface area contributed by atoms with Crippen molar-refractivity contribution in [3.05, 3.63) is 48.2 Å². The highest BCUT2D eigenvalue weighted by atomic mass is 15.0. The van der Waals surface area contributed by atoms with Gasteiger partial charge in [0.05, 0.1) is 5.52 Å². The van der Waals surface area contributed by atoms with Crippen LogP contribution in [-0.4, -0.2) is 4.57 Å². The molecule has 16 heavy (non-hydrogen) atoms. The largest absolute Gasteiger partial charge is 0.314 e. The standard InChI is InChI=1S/C15H15N/c1-11(2)16-14-9-5-3-7-12(14)13-8-4-6-10-15(13)16/h3,5-7,9-10H,1,4,8H2,2H3. The van der Waals surface area contributed by atoms with E-state index in [-0.39, 0.29) is 0 Å². The lowest BCUT2D eigenvalue weighted by Crippen LogP contribution is -1.98. The molecule has 1 aliphatic rings. The average molecular weight is 209 g/mol. The van der Waals surface area contributed by atoms with Gasteiger partial charge in [0.1, 0.15) is 0 Å². The van der Waals surface area contributed by atoms with Crippen molar-refractivity contribution in [2.45, 2.75) is 19.8 Å². The molecule has 0 unspecified atom stereocenters. The molecule has 1 aromatic carbocycles. The minimum Gasteiger partial charge on any atom is -0.314 e. The number of nitrogens with zero attached hydrogens (tertiary/aromatic N) is 1. The summed E-state index contributed by atoms with van der Waals surface area (Å²) in [7, 11) is 0. The summed E-state index contributed by atoms with van der Waals surface area (Å²) in [6.45, 7) is 6.15. The van der Waals surface area contributed by atoms with Crippen molar-refractivity contribution in [3.63, 3.8) is 0 Å². The fourth-order valence-corrected chi connectivity index (χ4v) is 2.60. The average Bonchev–Trinajstić information content (AvgIpc) is 2.63. The Morgan fingerprint density at radius 2 is 2.12 bits per heavy atom. The van der Waals surface area contributed by atoms with E-state index in [0.29, 0.717) is 0 Å². The fraction of sp³-hybridized carbons (Fsp3) is 0.200. The lowest BCUT2D eigenvalue weighted by Gasteiger charge is -2.10. The SMILES string of the molecule is C=C(C)n1c2c(c3ccccc31)CCC=C2. The molecular weight excluding hydrogens is 194 g/mol. The Hall–Kier alpha value is -1.76. The Labute approximate surface area is 95.7 Å². The Balaban J connectivity index is 2.47. The van der Waals surface area contributed by atoms with Crippen LogP contribution in [0.5, 0.6) is 0 Å². The van der Waals surface area contributed by atoms with Crippen LogP contribution in [0.1, 0.15) is 24.6 Å². The third kappa shape index (κ3) is 1.18. The van der Waals surface area contributed by atoms with E-state index >= 15 is 0 Å². The number of fused-ring (bicyclic) bond motifs is 3. The molecule has 0 saturated heterocycles. The van der Waals surface area contributed by atoms with Gasteiger partial charge in [-0.15, -0.1) is 0 Å². The normalized spacial score (nSPS) is 14.1. The summed E-state index contributed by atoms with van der Waals surface area (Å²) in [4.78, 5) is 0. The van der Waals surface area contributed by atoms with E-state index in [0.717, 1.165) is 18.5 Å². The number of rotatable bonds is 1. The zero-order valence-corrected chi connectivity index (χ0v) is 9.53. The van der Waals surface area contributed by atoms with Crippen LogP contribution in [0.3, 0.4) is 0 Å². The van der Waals surface area contributed by atoms with Crippen molar-refractivity contribution in [1.29, 1.82) is 0 Å². The molecule has 0 N–H and O–H groups in total. The van der Waals surface area contributed by atoms with Gasteiger partial charge < -0.3 is 4.57 Å². The van der Waals surface area contributed by atoms with Gasteiger partial charge in [0.25, 0.3) is 0 Å². The first-order valence-electron chi connectivity index (χ1n) is 5.74. The zero-order valence-electron chi connectivity index (χ0n) is 9.53. The maximum Gasteiger partial charge on any atom is 0.0534 e. The van der Waals surface area contributed by atoms with E-state index < -0.39 is 0 Å². The van der Waals surface area contributed by atoms with Crippen LogP contribution in [-0.2, 0) is 6.42 Å². The molecule has 0 saturated carbocycles. The van der Waals surface area contributed by atoms with Crippen LogP contribution in [0.15, 0.2) is 36.9 Å². The first-order valence-corrected chi connectivity index (χ1v) is 5.74. The predicted octanol–water partition coefficient (Wildman–Crippen LogP) is 4.09. The van der Waals surface area contributed by atoms with Crippen molar-refractivity contribution >= 4 is 22.7 Å². The summed E-state index contributed by atoms with van der Waals surface area (Å²) < 4.78 is 2.26. The molecule has 1 aliphatic carbocycles. The van der Waals surface area contributed by atoms with Gasteiger partial charge in [0.15, 0.2) is 0 Å². The Morgan fingerprint density at radius 3 is 2.94 bits per heavy atom. The van der Waals surface area contributed by atoms with Gasteiger partial charge in [-0.2, -0.15) is 0 Å². The van der Waals surface area contributed by atoms with Crippen LogP contribution in [0.2, 0.25) is 0 Å². The molecule has 0 spiro atoms. The Morgan fingerprint density at radius 1 is 1.31 bits per heavy atom. The summed E-state index contributed by atoms with van der Waals surface area (Å²) in [6.07, 6.45) is 6.78. The van der Waals surface area contributed by atoms with Crippen molar-refractivity contribution in [2.24, 2.45) is 0 Å². The van der Waals surface area contributed by atoms with Gasteiger partial charge in [-0.1, -0.05) is 30.9 Å².